The summed E-state index contributed by atoms with van der Waals surface area (Å²) in [6, 6.07) is -2.26. The van der Waals surface area contributed by atoms with Gasteiger partial charge in [-0.25, -0.2) is 0 Å². The number of ether oxygens (including phenoxy) is 14. The van der Waals surface area contributed by atoms with E-state index in [1.807, 2.05) is 0 Å². The summed E-state index contributed by atoms with van der Waals surface area (Å²) < 4.78 is 77.4. The fourth-order valence-electron chi connectivity index (χ4n) is 9.79. The van der Waals surface area contributed by atoms with Gasteiger partial charge in [-0.1, -0.05) is 181 Å². The molecule has 0 spiro atoms. The number of Topliss-reactive ketones (excluding diaryl/α,β-unsaturated/α-hetero) is 1. The minimum absolute atomic E-state index is 0.0374. The molecule has 26 heteroatoms. The van der Waals surface area contributed by atoms with Crippen molar-refractivity contribution in [3.8, 4) is 0 Å². The number of carbonyl (C=O) groups excluding carboxylic acids is 6. The third-order valence-electron chi connectivity index (χ3n) is 15.6. The van der Waals surface area contributed by atoms with Crippen molar-refractivity contribution in [2.45, 2.75) is 238 Å². The zero-order valence-electron chi connectivity index (χ0n) is 62.0. The minimum Gasteiger partial charge on any atom is -0.462 e. The second-order valence-corrected chi connectivity index (χ2v) is 25.8. The first-order chi connectivity index (χ1) is 48.5. The molecule has 25 nitrogen and oxygen atoms in total. The number of carbonyl (C=O) groups is 6. The monoisotopic (exact) mass is 1440 g/mol. The van der Waals surface area contributed by atoms with Crippen molar-refractivity contribution in [2.24, 2.45) is 5.73 Å². The van der Waals surface area contributed by atoms with E-state index in [9.17, 15) is 33.9 Å². The lowest BCUT2D eigenvalue weighted by molar-refractivity contribution is -0.157. The SMILES string of the molecule is CCCCCCCCCCCCCCCCC(=O)OC[C@H](CSC[C@H](N)C(=O)N[C@@H](CO)C(=O)NCCOCCOCCOCCOCCOCCOCCOCCOCCOCCOCCOCCOCCC(=O)NCC(C)=O)OC(=O)CCCCCCCCCCCCCCCC. The van der Waals surface area contributed by atoms with Gasteiger partial charge in [0.05, 0.1) is 178 Å². The summed E-state index contributed by atoms with van der Waals surface area (Å²) in [4.78, 5) is 74.0. The number of rotatable bonds is 82. The lowest BCUT2D eigenvalue weighted by atomic mass is 10.0. The molecule has 0 aromatic carbocycles. The molecule has 0 radical (unpaired) electrons. The number of hydrogen-bond donors (Lipinski definition) is 5. The first-order valence-electron chi connectivity index (χ1n) is 38.1. The number of nitrogens with two attached hydrogens (primary N) is 1. The van der Waals surface area contributed by atoms with E-state index in [1.165, 1.54) is 154 Å². The zero-order chi connectivity index (χ0) is 72.1. The van der Waals surface area contributed by atoms with Crippen molar-refractivity contribution < 1.29 is 100 Å². The van der Waals surface area contributed by atoms with E-state index < -0.39 is 36.6 Å². The first-order valence-corrected chi connectivity index (χ1v) is 39.3. The number of thioether (sulfide) groups is 1. The lowest BCUT2D eigenvalue weighted by Crippen LogP contribution is -2.54. The highest BCUT2D eigenvalue weighted by Gasteiger charge is 2.25. The average Bonchev–Trinajstić information content (AvgIpc) is 1.77. The number of ketones is 1. The van der Waals surface area contributed by atoms with Gasteiger partial charge in [0.1, 0.15) is 24.5 Å². The maximum atomic E-state index is 13.0. The molecule has 0 fully saturated rings. The number of nitrogens with one attached hydrogen (secondary N) is 3. The van der Waals surface area contributed by atoms with Crippen LogP contribution in [-0.2, 0) is 95.1 Å². The lowest BCUT2D eigenvalue weighted by Gasteiger charge is -2.20. The number of unbranched alkanes of at least 4 members (excludes halogenated alkanes) is 26. The first kappa shape index (κ1) is 95.8. The van der Waals surface area contributed by atoms with Crippen molar-refractivity contribution >= 4 is 47.2 Å². The summed E-state index contributed by atoms with van der Waals surface area (Å²) in [6.07, 6.45) is 34.3. The van der Waals surface area contributed by atoms with E-state index in [0.717, 1.165) is 44.9 Å². The second-order valence-electron chi connectivity index (χ2n) is 24.7. The molecular formula is C73H140N4O21S. The Hall–Kier alpha value is -3.19. The van der Waals surface area contributed by atoms with Crippen LogP contribution < -0.4 is 21.7 Å². The molecule has 0 aliphatic heterocycles. The molecule has 0 aliphatic carbocycles. The predicted octanol–water partition coefficient (Wildman–Crippen LogP) is 9.13. The molecular weight excluding hydrogens is 1300 g/mol. The molecule has 3 atom stereocenters. The molecule has 0 saturated heterocycles. The fraction of sp³-hybridized carbons (Fsp3) is 0.918. The quantitative estimate of drug-likeness (QED) is 0.0280. The summed E-state index contributed by atoms with van der Waals surface area (Å²) in [5.74, 6) is -1.80. The topological polar surface area (TPSA) is 314 Å². The molecule has 3 amide bonds. The van der Waals surface area contributed by atoms with E-state index in [2.05, 4.69) is 29.8 Å². The van der Waals surface area contributed by atoms with Crippen LogP contribution in [0.2, 0.25) is 0 Å². The zero-order valence-corrected chi connectivity index (χ0v) is 62.8. The van der Waals surface area contributed by atoms with Crippen molar-refractivity contribution in [3.05, 3.63) is 0 Å². The molecule has 0 saturated carbocycles. The summed E-state index contributed by atoms with van der Waals surface area (Å²) in [6.45, 7) is 15.0. The molecule has 0 heterocycles. The number of esters is 2. The Kier molecular flexibility index (Phi) is 76.4. The highest BCUT2D eigenvalue weighted by Crippen LogP contribution is 2.17. The van der Waals surface area contributed by atoms with Crippen LogP contribution in [0.5, 0.6) is 0 Å². The molecule has 584 valence electrons. The number of hydrogen-bond acceptors (Lipinski definition) is 23. The van der Waals surface area contributed by atoms with Crippen LogP contribution in [0.15, 0.2) is 0 Å². The van der Waals surface area contributed by atoms with Crippen LogP contribution >= 0.6 is 11.8 Å². The van der Waals surface area contributed by atoms with Crippen molar-refractivity contribution in [1.29, 1.82) is 0 Å². The van der Waals surface area contributed by atoms with Gasteiger partial charge in [0, 0.05) is 37.3 Å². The Morgan fingerprint density at radius 2 is 0.687 bits per heavy atom. The summed E-state index contributed by atoms with van der Waals surface area (Å²) in [7, 11) is 0. The van der Waals surface area contributed by atoms with E-state index in [-0.39, 0.29) is 87.5 Å². The van der Waals surface area contributed by atoms with Crippen LogP contribution in [0.3, 0.4) is 0 Å². The van der Waals surface area contributed by atoms with Crippen molar-refractivity contribution in [3.63, 3.8) is 0 Å². The third-order valence-corrected chi connectivity index (χ3v) is 16.8. The largest absolute Gasteiger partial charge is 0.462 e. The molecule has 0 bridgehead atoms. The Bertz CT molecular complexity index is 1800. The van der Waals surface area contributed by atoms with Crippen LogP contribution in [0.25, 0.3) is 0 Å². The second kappa shape index (κ2) is 78.9. The smallest absolute Gasteiger partial charge is 0.306 e. The Balaban J connectivity index is 4.07. The Labute approximate surface area is 600 Å². The maximum absolute atomic E-state index is 13.0. The average molecular weight is 1440 g/mol. The minimum atomic E-state index is -1.22. The number of aliphatic hydroxyl groups is 1. The van der Waals surface area contributed by atoms with Gasteiger partial charge in [-0.3, -0.25) is 28.8 Å². The van der Waals surface area contributed by atoms with Gasteiger partial charge in [-0.05, 0) is 19.8 Å². The summed E-state index contributed by atoms with van der Waals surface area (Å²) in [5.41, 5.74) is 6.23. The van der Waals surface area contributed by atoms with Crippen LogP contribution in [0, 0.1) is 0 Å². The third kappa shape index (κ3) is 74.3. The molecule has 0 unspecified atom stereocenters. The Morgan fingerprint density at radius 1 is 0.374 bits per heavy atom. The van der Waals surface area contributed by atoms with Crippen LogP contribution in [0.1, 0.15) is 220 Å². The normalized spacial score (nSPS) is 12.4. The molecule has 0 aromatic heterocycles. The van der Waals surface area contributed by atoms with Gasteiger partial charge in [0.2, 0.25) is 17.7 Å². The number of aliphatic hydroxyl groups excluding tert-OH is 1. The fourth-order valence-corrected chi connectivity index (χ4v) is 10.8. The van der Waals surface area contributed by atoms with Gasteiger partial charge in [0.25, 0.3) is 0 Å². The molecule has 0 aromatic rings. The van der Waals surface area contributed by atoms with E-state index >= 15 is 0 Å². The molecule has 0 aliphatic rings. The standard InChI is InChI=1S/C73H140N4O21S/c1-4-6-8-10-12-14-16-18-20-22-24-26-28-30-32-70(81)97-62-66(98-71(82)33-31-29-27-25-23-21-19-17-15-13-11-9-7-5-2)63-99-64-67(74)72(83)77-68(61-78)73(84)75-35-37-86-39-41-88-43-45-90-47-49-92-51-53-94-55-57-96-59-58-95-56-54-93-52-50-91-48-46-89-44-42-87-40-38-85-36-34-69(80)76-60-65(3)79/h66-68,78H,4-64,74H2,1-3H3,(H,75,84)(H,76,80)(H,77,83)/t66-,67+,68+/m1/s1. The predicted molar refractivity (Wildman–Crippen MR) is 386 cm³/mol. The van der Waals surface area contributed by atoms with Crippen LogP contribution in [0.4, 0.5) is 0 Å². The molecule has 99 heavy (non-hydrogen) atoms. The van der Waals surface area contributed by atoms with Gasteiger partial charge in [0.15, 0.2) is 0 Å². The maximum Gasteiger partial charge on any atom is 0.306 e. The van der Waals surface area contributed by atoms with Crippen LogP contribution in [-0.4, -0.2) is 255 Å². The van der Waals surface area contributed by atoms with Crippen molar-refractivity contribution in [1.82, 2.24) is 16.0 Å². The van der Waals surface area contributed by atoms with Crippen molar-refractivity contribution in [2.75, 3.05) is 196 Å². The summed E-state index contributed by atoms with van der Waals surface area (Å²) in [5, 5.41) is 17.6. The molecule has 0 rings (SSSR count). The van der Waals surface area contributed by atoms with Gasteiger partial charge in [-0.15, -0.1) is 0 Å². The van der Waals surface area contributed by atoms with E-state index in [1.54, 1.807) is 0 Å². The van der Waals surface area contributed by atoms with E-state index in [4.69, 9.17) is 72.0 Å². The van der Waals surface area contributed by atoms with Gasteiger partial charge < -0.3 is 93.1 Å². The molecule has 6 N–H and O–H groups in total. The van der Waals surface area contributed by atoms with Gasteiger partial charge in [-0.2, -0.15) is 11.8 Å². The number of amides is 3. The summed E-state index contributed by atoms with van der Waals surface area (Å²) >= 11 is 1.28. The highest BCUT2D eigenvalue weighted by atomic mass is 32.2. The van der Waals surface area contributed by atoms with E-state index in [0.29, 0.717) is 145 Å². The van der Waals surface area contributed by atoms with Gasteiger partial charge >= 0.3 is 11.9 Å². The Morgan fingerprint density at radius 3 is 1.02 bits per heavy atom. The highest BCUT2D eigenvalue weighted by molar-refractivity contribution is 7.99.